The van der Waals surface area contributed by atoms with Gasteiger partial charge in [0, 0.05) is 30.6 Å². The number of carbonyl (C=O) groups is 1. The van der Waals surface area contributed by atoms with Crippen molar-refractivity contribution < 1.29 is 22.7 Å². The van der Waals surface area contributed by atoms with Gasteiger partial charge in [-0.25, -0.2) is 5.10 Å². The van der Waals surface area contributed by atoms with Gasteiger partial charge in [-0.3, -0.25) is 9.59 Å². The third kappa shape index (κ3) is 4.18. The van der Waals surface area contributed by atoms with E-state index in [4.69, 9.17) is 4.74 Å². The molecule has 31 heavy (non-hydrogen) atoms. The Labute approximate surface area is 175 Å². The fourth-order valence-corrected chi connectivity index (χ4v) is 3.98. The molecule has 1 aliphatic heterocycles. The number of hydrogen-bond acceptors (Lipinski definition) is 4. The number of alkyl halides is 3. The van der Waals surface area contributed by atoms with Crippen molar-refractivity contribution >= 4 is 16.7 Å². The third-order valence-corrected chi connectivity index (χ3v) is 5.75. The zero-order chi connectivity index (χ0) is 22.1. The average molecular weight is 431 g/mol. The lowest BCUT2D eigenvalue weighted by Crippen LogP contribution is -2.45. The summed E-state index contributed by atoms with van der Waals surface area (Å²) in [5.74, 6) is -0.509. The highest BCUT2D eigenvalue weighted by Crippen LogP contribution is 2.38. The van der Waals surface area contributed by atoms with E-state index in [1.807, 2.05) is 0 Å². The van der Waals surface area contributed by atoms with E-state index in [1.54, 1.807) is 30.3 Å². The second kappa shape index (κ2) is 8.14. The van der Waals surface area contributed by atoms with E-state index >= 15 is 0 Å². The summed E-state index contributed by atoms with van der Waals surface area (Å²) in [6.07, 6.45) is -3.52. The molecule has 0 spiro atoms. The first-order chi connectivity index (χ1) is 14.8. The summed E-state index contributed by atoms with van der Waals surface area (Å²) in [4.78, 5) is 24.9. The molecule has 1 aromatic heterocycles. The minimum atomic E-state index is -4.45. The summed E-state index contributed by atoms with van der Waals surface area (Å²) in [5.41, 5.74) is -1.27. The maximum absolute atomic E-state index is 13.2. The number of rotatable bonds is 4. The molecule has 0 atom stereocenters. The van der Waals surface area contributed by atoms with Gasteiger partial charge < -0.3 is 10.1 Å². The number of nitrogens with zero attached hydrogens (tertiary/aromatic N) is 1. The van der Waals surface area contributed by atoms with Crippen molar-refractivity contribution in [2.24, 2.45) is 0 Å². The lowest BCUT2D eigenvalue weighted by molar-refractivity contribution is -0.137. The summed E-state index contributed by atoms with van der Waals surface area (Å²) in [5, 5.41) is 9.76. The Bertz CT molecular complexity index is 1170. The fraction of sp³-hybridized carbons (Fsp3) is 0.318. The van der Waals surface area contributed by atoms with Crippen molar-refractivity contribution in [1.29, 1.82) is 0 Å². The molecule has 1 aliphatic rings. The lowest BCUT2D eigenvalue weighted by Gasteiger charge is -2.38. The first-order valence-corrected chi connectivity index (χ1v) is 9.81. The van der Waals surface area contributed by atoms with Crippen LogP contribution in [0.1, 0.15) is 34.5 Å². The summed E-state index contributed by atoms with van der Waals surface area (Å²) in [6, 6.07) is 11.8. The largest absolute Gasteiger partial charge is 0.416 e. The van der Waals surface area contributed by atoms with E-state index < -0.39 is 28.6 Å². The molecular formula is C22H20F3N3O3. The van der Waals surface area contributed by atoms with E-state index in [0.717, 1.165) is 12.1 Å². The van der Waals surface area contributed by atoms with Gasteiger partial charge in [0.05, 0.1) is 10.9 Å². The molecule has 6 nitrogen and oxygen atoms in total. The number of ether oxygens (including phenoxy) is 1. The average Bonchev–Trinajstić information content (AvgIpc) is 2.78. The van der Waals surface area contributed by atoms with Crippen molar-refractivity contribution in [2.45, 2.75) is 24.4 Å². The Kier molecular flexibility index (Phi) is 5.53. The number of benzene rings is 2. The van der Waals surface area contributed by atoms with Gasteiger partial charge in [0.15, 0.2) is 5.69 Å². The minimum absolute atomic E-state index is 0.0569. The molecule has 0 aliphatic carbocycles. The van der Waals surface area contributed by atoms with Gasteiger partial charge in [0.1, 0.15) is 0 Å². The second-order valence-corrected chi connectivity index (χ2v) is 7.60. The van der Waals surface area contributed by atoms with Gasteiger partial charge in [-0.1, -0.05) is 36.4 Å². The maximum Gasteiger partial charge on any atom is 0.416 e. The highest BCUT2D eigenvalue weighted by atomic mass is 19.4. The Balaban J connectivity index is 1.64. The number of aromatic amines is 1. The molecule has 3 aromatic rings. The van der Waals surface area contributed by atoms with Crippen LogP contribution in [0.5, 0.6) is 0 Å². The predicted molar refractivity (Wildman–Crippen MR) is 108 cm³/mol. The standard InChI is InChI=1S/C22H20F3N3O3/c23-22(24,25)15-5-3-4-14(12-15)21(8-10-31-11-9-21)13-26-20(30)18-16-6-1-2-7-17(16)19(29)28-27-18/h1-7,12H,8-11,13H2,(H,26,30)(H,28,29). The zero-order valence-corrected chi connectivity index (χ0v) is 16.5. The number of amides is 1. The summed E-state index contributed by atoms with van der Waals surface area (Å²) >= 11 is 0. The van der Waals surface area contributed by atoms with Crippen LogP contribution in [-0.2, 0) is 16.3 Å². The fourth-order valence-electron chi connectivity index (χ4n) is 3.98. The number of aromatic nitrogens is 2. The van der Waals surface area contributed by atoms with Gasteiger partial charge in [-0.15, -0.1) is 0 Å². The van der Waals surface area contributed by atoms with Crippen LogP contribution in [0.25, 0.3) is 10.8 Å². The first-order valence-electron chi connectivity index (χ1n) is 9.81. The smallest absolute Gasteiger partial charge is 0.381 e. The van der Waals surface area contributed by atoms with Crippen molar-refractivity contribution in [3.63, 3.8) is 0 Å². The zero-order valence-electron chi connectivity index (χ0n) is 16.5. The second-order valence-electron chi connectivity index (χ2n) is 7.60. The Morgan fingerprint density at radius 3 is 2.52 bits per heavy atom. The molecule has 4 rings (SSSR count). The molecule has 9 heteroatoms. The van der Waals surface area contributed by atoms with Crippen molar-refractivity contribution in [3.05, 3.63) is 75.7 Å². The minimum Gasteiger partial charge on any atom is -0.381 e. The normalized spacial score (nSPS) is 16.2. The quantitative estimate of drug-likeness (QED) is 0.663. The molecule has 2 aromatic carbocycles. The topological polar surface area (TPSA) is 84.1 Å². The van der Waals surface area contributed by atoms with Crippen LogP contribution in [0.4, 0.5) is 13.2 Å². The first kappa shape index (κ1) is 21.0. The predicted octanol–water partition coefficient (Wildman–Crippen LogP) is 3.42. The van der Waals surface area contributed by atoms with Crippen molar-refractivity contribution in [2.75, 3.05) is 19.8 Å². The van der Waals surface area contributed by atoms with Crippen LogP contribution < -0.4 is 10.9 Å². The van der Waals surface area contributed by atoms with E-state index in [1.165, 1.54) is 6.07 Å². The van der Waals surface area contributed by atoms with Crippen LogP contribution in [0.3, 0.4) is 0 Å². The van der Waals surface area contributed by atoms with E-state index in [9.17, 15) is 22.8 Å². The van der Waals surface area contributed by atoms with Crippen molar-refractivity contribution in [3.8, 4) is 0 Å². The van der Waals surface area contributed by atoms with Crippen LogP contribution in [-0.4, -0.2) is 35.9 Å². The highest BCUT2D eigenvalue weighted by Gasteiger charge is 2.38. The molecular weight excluding hydrogens is 411 g/mol. The lowest BCUT2D eigenvalue weighted by atomic mass is 9.73. The third-order valence-electron chi connectivity index (χ3n) is 5.75. The summed E-state index contributed by atoms with van der Waals surface area (Å²) in [7, 11) is 0. The molecule has 0 bridgehead atoms. The molecule has 0 saturated carbocycles. The number of halogens is 3. The number of carbonyl (C=O) groups excluding carboxylic acids is 1. The van der Waals surface area contributed by atoms with Gasteiger partial charge in [0.2, 0.25) is 0 Å². The van der Waals surface area contributed by atoms with Gasteiger partial charge in [-0.2, -0.15) is 18.3 Å². The van der Waals surface area contributed by atoms with Gasteiger partial charge in [0.25, 0.3) is 11.5 Å². The Hall–Kier alpha value is -3.20. The molecule has 162 valence electrons. The molecule has 0 radical (unpaired) electrons. The maximum atomic E-state index is 13.2. The van der Waals surface area contributed by atoms with Crippen LogP contribution in [0.2, 0.25) is 0 Å². The number of hydrogen-bond donors (Lipinski definition) is 2. The van der Waals surface area contributed by atoms with E-state index in [0.29, 0.717) is 42.4 Å². The Morgan fingerprint density at radius 2 is 1.81 bits per heavy atom. The molecule has 0 unspecified atom stereocenters. The van der Waals surface area contributed by atoms with E-state index in [2.05, 4.69) is 15.5 Å². The summed E-state index contributed by atoms with van der Waals surface area (Å²) in [6.45, 7) is 0.879. The molecule has 2 N–H and O–H groups in total. The molecule has 1 fully saturated rings. The number of H-pyrrole nitrogens is 1. The van der Waals surface area contributed by atoms with Gasteiger partial charge in [-0.05, 0) is 30.5 Å². The van der Waals surface area contributed by atoms with Gasteiger partial charge >= 0.3 is 6.18 Å². The summed E-state index contributed by atoms with van der Waals surface area (Å²) < 4.78 is 45.2. The Morgan fingerprint density at radius 1 is 1.10 bits per heavy atom. The van der Waals surface area contributed by atoms with E-state index in [-0.39, 0.29) is 12.2 Å². The highest BCUT2D eigenvalue weighted by molar-refractivity contribution is 6.04. The number of nitrogens with one attached hydrogen (secondary N) is 2. The molecule has 1 amide bonds. The number of fused-ring (bicyclic) bond motifs is 1. The van der Waals surface area contributed by atoms with Crippen LogP contribution in [0, 0.1) is 0 Å². The monoisotopic (exact) mass is 431 g/mol. The van der Waals surface area contributed by atoms with Crippen LogP contribution in [0.15, 0.2) is 53.3 Å². The molecule has 1 saturated heterocycles. The SMILES string of the molecule is O=C(NCC1(c2cccc(C(F)(F)F)c2)CCOCC1)c1n[nH]c(=O)c2ccccc12. The van der Waals surface area contributed by atoms with Crippen molar-refractivity contribution in [1.82, 2.24) is 15.5 Å². The molecule has 2 heterocycles. The van der Waals surface area contributed by atoms with Crippen LogP contribution >= 0.6 is 0 Å².